The van der Waals surface area contributed by atoms with Gasteiger partial charge in [0, 0.05) is 4.47 Å². The SMILES string of the molecule is CCCNCc1ncnn1Cc1cc(F)ccc1Br. The minimum Gasteiger partial charge on any atom is -0.310 e. The first-order chi connectivity index (χ1) is 9.20. The summed E-state index contributed by atoms with van der Waals surface area (Å²) in [7, 11) is 0. The Morgan fingerprint density at radius 3 is 3.05 bits per heavy atom. The molecule has 1 aromatic carbocycles. The number of aromatic nitrogens is 3. The van der Waals surface area contributed by atoms with Crippen molar-refractivity contribution in [3.05, 3.63) is 46.2 Å². The van der Waals surface area contributed by atoms with Gasteiger partial charge >= 0.3 is 0 Å². The molecule has 19 heavy (non-hydrogen) atoms. The Hall–Kier alpha value is -1.27. The van der Waals surface area contributed by atoms with Crippen molar-refractivity contribution in [3.63, 3.8) is 0 Å². The summed E-state index contributed by atoms with van der Waals surface area (Å²) in [5.41, 5.74) is 0.849. The van der Waals surface area contributed by atoms with Crippen LogP contribution in [-0.4, -0.2) is 21.3 Å². The lowest BCUT2D eigenvalue weighted by atomic mass is 10.2. The van der Waals surface area contributed by atoms with Gasteiger partial charge in [0.25, 0.3) is 0 Å². The van der Waals surface area contributed by atoms with E-state index in [0.29, 0.717) is 13.1 Å². The normalized spacial score (nSPS) is 10.9. The highest BCUT2D eigenvalue weighted by molar-refractivity contribution is 9.10. The smallest absolute Gasteiger partial charge is 0.141 e. The molecule has 0 bridgehead atoms. The quantitative estimate of drug-likeness (QED) is 0.830. The van der Waals surface area contributed by atoms with Crippen LogP contribution < -0.4 is 5.32 Å². The lowest BCUT2D eigenvalue weighted by Crippen LogP contribution is -2.18. The van der Waals surface area contributed by atoms with Crippen molar-refractivity contribution in [2.45, 2.75) is 26.4 Å². The minimum absolute atomic E-state index is 0.246. The maximum Gasteiger partial charge on any atom is 0.141 e. The molecule has 2 rings (SSSR count). The van der Waals surface area contributed by atoms with Gasteiger partial charge in [-0.25, -0.2) is 14.1 Å². The third kappa shape index (κ3) is 3.84. The van der Waals surface area contributed by atoms with Crippen LogP contribution in [0.2, 0.25) is 0 Å². The van der Waals surface area contributed by atoms with Crippen molar-refractivity contribution in [2.75, 3.05) is 6.54 Å². The first-order valence-corrected chi connectivity index (χ1v) is 7.01. The van der Waals surface area contributed by atoms with Crippen molar-refractivity contribution < 1.29 is 4.39 Å². The van der Waals surface area contributed by atoms with Crippen LogP contribution in [0.15, 0.2) is 29.0 Å². The average molecular weight is 327 g/mol. The van der Waals surface area contributed by atoms with E-state index in [1.54, 1.807) is 10.7 Å². The monoisotopic (exact) mass is 326 g/mol. The van der Waals surface area contributed by atoms with E-state index < -0.39 is 0 Å². The molecule has 1 aromatic heterocycles. The molecule has 0 unspecified atom stereocenters. The molecule has 4 nitrogen and oxygen atoms in total. The van der Waals surface area contributed by atoms with Gasteiger partial charge in [-0.05, 0) is 36.7 Å². The van der Waals surface area contributed by atoms with E-state index in [1.165, 1.54) is 18.5 Å². The molecule has 6 heteroatoms. The molecule has 0 saturated heterocycles. The summed E-state index contributed by atoms with van der Waals surface area (Å²) < 4.78 is 15.9. The zero-order valence-electron chi connectivity index (χ0n) is 10.7. The van der Waals surface area contributed by atoms with Gasteiger partial charge < -0.3 is 5.32 Å². The number of nitrogens with one attached hydrogen (secondary N) is 1. The van der Waals surface area contributed by atoms with Crippen LogP contribution in [0, 0.1) is 5.82 Å². The average Bonchev–Trinajstić information content (AvgIpc) is 2.82. The van der Waals surface area contributed by atoms with Gasteiger partial charge in [0.2, 0.25) is 0 Å². The Morgan fingerprint density at radius 2 is 2.26 bits per heavy atom. The van der Waals surface area contributed by atoms with E-state index in [2.05, 4.69) is 38.3 Å². The molecule has 2 aromatic rings. The van der Waals surface area contributed by atoms with Crippen LogP contribution in [0.4, 0.5) is 4.39 Å². The van der Waals surface area contributed by atoms with E-state index in [4.69, 9.17) is 0 Å². The first-order valence-electron chi connectivity index (χ1n) is 6.22. The summed E-state index contributed by atoms with van der Waals surface area (Å²) in [5, 5.41) is 7.46. The number of nitrogens with zero attached hydrogens (tertiary/aromatic N) is 3. The molecule has 0 radical (unpaired) electrons. The molecule has 0 aliphatic heterocycles. The number of rotatable bonds is 6. The zero-order chi connectivity index (χ0) is 13.7. The highest BCUT2D eigenvalue weighted by atomic mass is 79.9. The Kier molecular flexibility index (Phi) is 5.04. The van der Waals surface area contributed by atoms with Crippen LogP contribution in [0.3, 0.4) is 0 Å². The number of benzene rings is 1. The van der Waals surface area contributed by atoms with Crippen molar-refractivity contribution in [1.82, 2.24) is 20.1 Å². The van der Waals surface area contributed by atoms with Gasteiger partial charge in [-0.15, -0.1) is 0 Å². The number of hydrogen-bond acceptors (Lipinski definition) is 3. The van der Waals surface area contributed by atoms with Crippen LogP contribution in [-0.2, 0) is 13.1 Å². The van der Waals surface area contributed by atoms with Crippen LogP contribution in [0.1, 0.15) is 24.7 Å². The second kappa shape index (κ2) is 6.77. The van der Waals surface area contributed by atoms with E-state index in [1.807, 2.05) is 0 Å². The molecule has 0 saturated carbocycles. The van der Waals surface area contributed by atoms with Gasteiger partial charge in [0.1, 0.15) is 18.0 Å². The van der Waals surface area contributed by atoms with Gasteiger partial charge in [-0.2, -0.15) is 5.10 Å². The molecule has 0 atom stereocenters. The summed E-state index contributed by atoms with van der Waals surface area (Å²) in [4.78, 5) is 4.22. The summed E-state index contributed by atoms with van der Waals surface area (Å²) in [5.74, 6) is 0.605. The summed E-state index contributed by atoms with van der Waals surface area (Å²) in [6.45, 7) is 4.22. The molecular formula is C13H16BrFN4. The predicted octanol–water partition coefficient (Wildman–Crippen LogP) is 2.73. The van der Waals surface area contributed by atoms with Gasteiger partial charge in [0.15, 0.2) is 0 Å². The highest BCUT2D eigenvalue weighted by Gasteiger charge is 2.08. The van der Waals surface area contributed by atoms with E-state index >= 15 is 0 Å². The fraction of sp³-hybridized carbons (Fsp3) is 0.385. The maximum atomic E-state index is 13.2. The minimum atomic E-state index is -0.246. The molecule has 0 spiro atoms. The Labute approximate surface area is 120 Å². The van der Waals surface area contributed by atoms with E-state index in [9.17, 15) is 4.39 Å². The van der Waals surface area contributed by atoms with Gasteiger partial charge in [0.05, 0.1) is 13.1 Å². The first kappa shape index (κ1) is 14.1. The molecular weight excluding hydrogens is 311 g/mol. The standard InChI is InChI=1S/C13H16BrFN4/c1-2-5-16-7-13-17-9-18-19(13)8-10-6-11(15)3-4-12(10)14/h3-4,6,9,16H,2,5,7-8H2,1H3. The molecule has 1 N–H and O–H groups in total. The molecule has 0 amide bonds. The molecule has 0 aliphatic carbocycles. The number of halogens is 2. The molecule has 1 heterocycles. The highest BCUT2D eigenvalue weighted by Crippen LogP contribution is 2.19. The molecule has 0 aliphatic rings. The molecule has 102 valence electrons. The van der Waals surface area contributed by atoms with Crippen molar-refractivity contribution in [3.8, 4) is 0 Å². The predicted molar refractivity (Wildman–Crippen MR) is 75.2 cm³/mol. The third-order valence-corrected chi connectivity index (χ3v) is 3.51. The van der Waals surface area contributed by atoms with E-state index in [-0.39, 0.29) is 5.82 Å². The Balaban J connectivity index is 2.10. The van der Waals surface area contributed by atoms with Gasteiger partial charge in [-0.3, -0.25) is 0 Å². The molecule has 0 fully saturated rings. The Morgan fingerprint density at radius 1 is 1.42 bits per heavy atom. The largest absolute Gasteiger partial charge is 0.310 e. The second-order valence-electron chi connectivity index (χ2n) is 4.25. The fourth-order valence-electron chi connectivity index (χ4n) is 1.76. The maximum absolute atomic E-state index is 13.2. The van der Waals surface area contributed by atoms with Crippen molar-refractivity contribution >= 4 is 15.9 Å². The van der Waals surface area contributed by atoms with Crippen LogP contribution in [0.25, 0.3) is 0 Å². The van der Waals surface area contributed by atoms with Crippen LogP contribution in [0.5, 0.6) is 0 Å². The Bertz CT molecular complexity index is 541. The van der Waals surface area contributed by atoms with E-state index in [0.717, 1.165) is 28.8 Å². The fourth-order valence-corrected chi connectivity index (χ4v) is 2.13. The van der Waals surface area contributed by atoms with Crippen molar-refractivity contribution in [1.29, 1.82) is 0 Å². The van der Waals surface area contributed by atoms with Crippen LogP contribution >= 0.6 is 15.9 Å². The second-order valence-corrected chi connectivity index (χ2v) is 5.10. The lowest BCUT2D eigenvalue weighted by molar-refractivity contribution is 0.577. The zero-order valence-corrected chi connectivity index (χ0v) is 12.3. The van der Waals surface area contributed by atoms with Crippen molar-refractivity contribution in [2.24, 2.45) is 0 Å². The third-order valence-electron chi connectivity index (χ3n) is 2.73. The lowest BCUT2D eigenvalue weighted by Gasteiger charge is -2.08. The summed E-state index contributed by atoms with van der Waals surface area (Å²) in [6.07, 6.45) is 2.60. The summed E-state index contributed by atoms with van der Waals surface area (Å²) in [6, 6.07) is 4.64. The van der Waals surface area contributed by atoms with Gasteiger partial charge in [-0.1, -0.05) is 22.9 Å². The summed E-state index contributed by atoms with van der Waals surface area (Å²) >= 11 is 3.42. The number of hydrogen-bond donors (Lipinski definition) is 1. The topological polar surface area (TPSA) is 42.7 Å².